The molecule has 0 aromatic heterocycles. The summed E-state index contributed by atoms with van der Waals surface area (Å²) in [5.74, 6) is 0.824. The fraction of sp³-hybridized carbons (Fsp3) is 0.235. The average molecular weight is 346 g/mol. The lowest BCUT2D eigenvalue weighted by atomic mass is 9.97. The Morgan fingerprint density at radius 2 is 2.00 bits per heavy atom. The Bertz CT molecular complexity index is 738. The molecule has 108 valence electrons. The van der Waals surface area contributed by atoms with Crippen LogP contribution in [0.3, 0.4) is 0 Å². The summed E-state index contributed by atoms with van der Waals surface area (Å²) >= 11 is 3.41. The number of hydrogen-bond acceptors (Lipinski definition) is 3. The molecule has 21 heavy (non-hydrogen) atoms. The number of rotatable bonds is 2. The molecule has 1 aliphatic heterocycles. The zero-order valence-corrected chi connectivity index (χ0v) is 13.5. The van der Waals surface area contributed by atoms with E-state index >= 15 is 0 Å². The quantitative estimate of drug-likeness (QED) is 0.661. The van der Waals surface area contributed by atoms with Gasteiger partial charge in [-0.2, -0.15) is 0 Å². The number of hydrogen-bond donors (Lipinski definition) is 1. The summed E-state index contributed by atoms with van der Waals surface area (Å²) < 4.78 is 6.59. The molecule has 1 aliphatic rings. The first-order valence-electron chi connectivity index (χ1n) is 6.77. The lowest BCUT2D eigenvalue weighted by Gasteiger charge is -2.16. The van der Waals surface area contributed by atoms with E-state index in [2.05, 4.69) is 15.9 Å². The molecule has 0 saturated carbocycles. The number of nitrogen functional groups attached to an aromatic ring is 1. The minimum Gasteiger partial charge on any atom is -0.487 e. The van der Waals surface area contributed by atoms with Crippen LogP contribution in [0.25, 0.3) is 0 Å². The molecular formula is C17H16BrNO2. The molecule has 0 atom stereocenters. The number of nitrogens with two attached hydrogens (primary N) is 1. The summed E-state index contributed by atoms with van der Waals surface area (Å²) in [6, 6.07) is 10.8. The van der Waals surface area contributed by atoms with Crippen LogP contribution in [0.1, 0.15) is 35.3 Å². The number of carbonyl (C=O) groups is 1. The number of carbonyl (C=O) groups excluding carboxylic acids is 1. The van der Waals surface area contributed by atoms with Crippen LogP contribution in [0.15, 0.2) is 40.9 Å². The van der Waals surface area contributed by atoms with E-state index in [1.807, 2.05) is 26.0 Å². The normalized spacial score (nSPS) is 15.4. The van der Waals surface area contributed by atoms with Gasteiger partial charge in [0, 0.05) is 27.7 Å². The fourth-order valence-corrected chi connectivity index (χ4v) is 3.05. The fourth-order valence-electron chi connectivity index (χ4n) is 2.62. The van der Waals surface area contributed by atoms with Gasteiger partial charge >= 0.3 is 0 Å². The first kappa shape index (κ1) is 14.1. The minimum absolute atomic E-state index is 0.0401. The highest BCUT2D eigenvalue weighted by Crippen LogP contribution is 2.35. The number of benzene rings is 2. The zero-order chi connectivity index (χ0) is 15.2. The van der Waals surface area contributed by atoms with Gasteiger partial charge in [-0.1, -0.05) is 15.9 Å². The Morgan fingerprint density at radius 1 is 1.24 bits per heavy atom. The van der Waals surface area contributed by atoms with Crippen LogP contribution < -0.4 is 10.5 Å². The molecule has 0 fully saturated rings. The van der Waals surface area contributed by atoms with E-state index in [1.165, 1.54) is 0 Å². The standard InChI is InChI=1S/C17H16BrNO2/c1-17(2)9-11-7-10(3-6-15(11)21-17)16(20)13-8-12(19)4-5-14(13)18/h3-8H,9,19H2,1-2H3. The van der Waals surface area contributed by atoms with Crippen LogP contribution in [-0.2, 0) is 6.42 Å². The van der Waals surface area contributed by atoms with Crippen molar-refractivity contribution in [1.82, 2.24) is 0 Å². The number of anilines is 1. The Labute approximate surface area is 132 Å². The first-order valence-corrected chi connectivity index (χ1v) is 7.57. The number of ketones is 1. The molecule has 3 nitrogen and oxygen atoms in total. The third kappa shape index (κ3) is 2.68. The molecule has 0 radical (unpaired) electrons. The Balaban J connectivity index is 1.99. The summed E-state index contributed by atoms with van der Waals surface area (Å²) in [7, 11) is 0. The predicted molar refractivity (Wildman–Crippen MR) is 86.8 cm³/mol. The van der Waals surface area contributed by atoms with Crippen LogP contribution >= 0.6 is 15.9 Å². The van der Waals surface area contributed by atoms with Gasteiger partial charge in [-0.05, 0) is 55.8 Å². The van der Waals surface area contributed by atoms with E-state index in [0.717, 1.165) is 22.2 Å². The van der Waals surface area contributed by atoms with Gasteiger partial charge < -0.3 is 10.5 Å². The lowest BCUT2D eigenvalue weighted by Crippen LogP contribution is -2.24. The molecular weight excluding hydrogens is 330 g/mol. The van der Waals surface area contributed by atoms with Gasteiger partial charge in [-0.3, -0.25) is 4.79 Å². The highest BCUT2D eigenvalue weighted by Gasteiger charge is 2.30. The Morgan fingerprint density at radius 3 is 2.76 bits per heavy atom. The van der Waals surface area contributed by atoms with Crippen molar-refractivity contribution in [2.45, 2.75) is 25.9 Å². The summed E-state index contributed by atoms with van der Waals surface area (Å²) in [4.78, 5) is 12.7. The molecule has 2 N–H and O–H groups in total. The van der Waals surface area contributed by atoms with E-state index in [9.17, 15) is 4.79 Å². The van der Waals surface area contributed by atoms with Crippen LogP contribution in [0.5, 0.6) is 5.75 Å². The van der Waals surface area contributed by atoms with Gasteiger partial charge in [0.1, 0.15) is 11.4 Å². The highest BCUT2D eigenvalue weighted by molar-refractivity contribution is 9.10. The SMILES string of the molecule is CC1(C)Cc2cc(C(=O)c3cc(N)ccc3Br)ccc2O1. The first-order chi connectivity index (χ1) is 9.85. The maximum Gasteiger partial charge on any atom is 0.194 e. The van der Waals surface area contributed by atoms with Crippen molar-refractivity contribution >= 4 is 27.4 Å². The molecule has 0 spiro atoms. The van der Waals surface area contributed by atoms with E-state index in [0.29, 0.717) is 16.8 Å². The van der Waals surface area contributed by atoms with Gasteiger partial charge in [-0.15, -0.1) is 0 Å². The average Bonchev–Trinajstić information content (AvgIpc) is 2.73. The van der Waals surface area contributed by atoms with Crippen LogP contribution in [-0.4, -0.2) is 11.4 Å². The van der Waals surface area contributed by atoms with Crippen molar-refractivity contribution in [3.63, 3.8) is 0 Å². The van der Waals surface area contributed by atoms with Crippen molar-refractivity contribution < 1.29 is 9.53 Å². The second-order valence-electron chi connectivity index (χ2n) is 5.93. The summed E-state index contributed by atoms with van der Waals surface area (Å²) in [5, 5.41) is 0. The monoisotopic (exact) mass is 345 g/mol. The van der Waals surface area contributed by atoms with Gasteiger partial charge in [0.15, 0.2) is 5.78 Å². The molecule has 1 heterocycles. The van der Waals surface area contributed by atoms with Crippen molar-refractivity contribution in [2.75, 3.05) is 5.73 Å². The molecule has 0 saturated heterocycles. The Kier molecular flexibility index (Phi) is 3.29. The second kappa shape index (κ2) is 4.88. The largest absolute Gasteiger partial charge is 0.487 e. The zero-order valence-electron chi connectivity index (χ0n) is 11.9. The molecule has 0 amide bonds. The van der Waals surface area contributed by atoms with Crippen LogP contribution in [0.4, 0.5) is 5.69 Å². The summed E-state index contributed by atoms with van der Waals surface area (Å²) in [6.45, 7) is 4.09. The van der Waals surface area contributed by atoms with Crippen LogP contribution in [0, 0.1) is 0 Å². The minimum atomic E-state index is -0.207. The van der Waals surface area contributed by atoms with E-state index in [4.69, 9.17) is 10.5 Å². The molecule has 0 aliphatic carbocycles. The molecule has 0 bridgehead atoms. The number of ether oxygens (including phenoxy) is 1. The summed E-state index contributed by atoms with van der Waals surface area (Å²) in [5.41, 5.74) is 8.45. The highest BCUT2D eigenvalue weighted by atomic mass is 79.9. The third-order valence-corrected chi connectivity index (χ3v) is 4.25. The van der Waals surface area contributed by atoms with Crippen molar-refractivity contribution in [1.29, 1.82) is 0 Å². The molecule has 3 rings (SSSR count). The Hall–Kier alpha value is -1.81. The lowest BCUT2D eigenvalue weighted by molar-refractivity contribution is 0.103. The van der Waals surface area contributed by atoms with E-state index < -0.39 is 0 Å². The molecule has 0 unspecified atom stereocenters. The van der Waals surface area contributed by atoms with Crippen molar-refractivity contribution in [3.05, 3.63) is 57.6 Å². The molecule has 2 aromatic carbocycles. The smallest absolute Gasteiger partial charge is 0.194 e. The maximum atomic E-state index is 12.7. The third-order valence-electron chi connectivity index (χ3n) is 3.56. The number of fused-ring (bicyclic) bond motifs is 1. The van der Waals surface area contributed by atoms with Crippen LogP contribution in [0.2, 0.25) is 0 Å². The van der Waals surface area contributed by atoms with E-state index in [1.54, 1.807) is 24.3 Å². The molecule has 2 aromatic rings. The van der Waals surface area contributed by atoms with Gasteiger partial charge in [0.05, 0.1) is 0 Å². The molecule has 4 heteroatoms. The predicted octanol–water partition coefficient (Wildman–Crippen LogP) is 3.98. The maximum absolute atomic E-state index is 12.7. The van der Waals surface area contributed by atoms with Gasteiger partial charge in [-0.25, -0.2) is 0 Å². The summed E-state index contributed by atoms with van der Waals surface area (Å²) in [6.07, 6.45) is 0.807. The van der Waals surface area contributed by atoms with Crippen molar-refractivity contribution in [2.24, 2.45) is 0 Å². The van der Waals surface area contributed by atoms with Gasteiger partial charge in [0.25, 0.3) is 0 Å². The van der Waals surface area contributed by atoms with Crippen molar-refractivity contribution in [3.8, 4) is 5.75 Å². The second-order valence-corrected chi connectivity index (χ2v) is 6.78. The van der Waals surface area contributed by atoms with Gasteiger partial charge in [0.2, 0.25) is 0 Å². The number of halogens is 1. The van der Waals surface area contributed by atoms with E-state index in [-0.39, 0.29) is 11.4 Å². The topological polar surface area (TPSA) is 52.3 Å².